The van der Waals surface area contributed by atoms with E-state index in [0.29, 0.717) is 20.6 Å². The van der Waals surface area contributed by atoms with Gasteiger partial charge in [0.15, 0.2) is 20.6 Å². The van der Waals surface area contributed by atoms with Crippen LogP contribution in [0.15, 0.2) is 36.4 Å². The molecule has 0 aromatic carbocycles. The Kier molecular flexibility index (Phi) is 7.03. The van der Waals surface area contributed by atoms with Crippen LogP contribution in [0, 0.1) is 27.7 Å². The Morgan fingerprint density at radius 2 is 0.833 bits per heavy atom. The number of aromatic nitrogens is 6. The van der Waals surface area contributed by atoms with Gasteiger partial charge < -0.3 is 9.13 Å². The van der Waals surface area contributed by atoms with E-state index in [1.54, 1.807) is 12.1 Å². The van der Waals surface area contributed by atoms with Crippen LogP contribution in [0.5, 0.6) is 0 Å². The maximum Gasteiger partial charge on any atom is 0.175 e. The van der Waals surface area contributed by atoms with Crippen LogP contribution >= 0.6 is 46.4 Å². The molecule has 0 N–H and O–H groups in total. The normalized spacial score (nSPS) is 10.7. The molecule has 30 heavy (non-hydrogen) atoms. The van der Waals surface area contributed by atoms with Gasteiger partial charge in [-0.25, -0.2) is 0 Å². The van der Waals surface area contributed by atoms with Crippen molar-refractivity contribution in [3.8, 4) is 11.4 Å². The zero-order valence-corrected chi connectivity index (χ0v) is 19.7. The summed E-state index contributed by atoms with van der Waals surface area (Å²) >= 11 is 23.5. The number of rotatable bonds is 2. The molecule has 0 aliphatic heterocycles. The number of hydrogen-bond acceptors (Lipinski definition) is 4. The molecule has 4 rings (SSSR count). The van der Waals surface area contributed by atoms with Gasteiger partial charge in [0.2, 0.25) is 0 Å². The van der Waals surface area contributed by atoms with Crippen molar-refractivity contribution in [2.75, 3.05) is 0 Å². The third kappa shape index (κ3) is 4.78. The Hall–Kier alpha value is -2.12. The summed E-state index contributed by atoms with van der Waals surface area (Å²) in [6.45, 7) is 7.99. The summed E-state index contributed by atoms with van der Waals surface area (Å²) in [6, 6.07) is 11.5. The van der Waals surface area contributed by atoms with Crippen LogP contribution in [0.2, 0.25) is 20.6 Å². The van der Waals surface area contributed by atoms with E-state index >= 15 is 0 Å². The molecule has 0 aliphatic carbocycles. The highest BCUT2D eigenvalue weighted by molar-refractivity contribution is 6.33. The number of aryl methyl sites for hydroxylation is 4. The molecule has 0 fully saturated rings. The van der Waals surface area contributed by atoms with E-state index in [2.05, 4.69) is 20.4 Å². The van der Waals surface area contributed by atoms with Crippen LogP contribution < -0.4 is 0 Å². The topological polar surface area (TPSA) is 61.4 Å². The van der Waals surface area contributed by atoms with Gasteiger partial charge in [-0.2, -0.15) is 0 Å². The van der Waals surface area contributed by atoms with Crippen LogP contribution in [0.3, 0.4) is 0 Å². The van der Waals surface area contributed by atoms with Gasteiger partial charge >= 0.3 is 0 Å². The molecule has 4 aromatic heterocycles. The van der Waals surface area contributed by atoms with Crippen LogP contribution in [0.1, 0.15) is 22.8 Å². The molecule has 0 saturated heterocycles. The fraction of sp³-hybridized carbons (Fsp3) is 0.200. The standard InChI is InChI=1S/2C10H9Cl2N3/c2*1-6-3-4-7(2)15(6)8-5-9(11)13-14-10(8)12/h2*3-5H,1-2H3. The summed E-state index contributed by atoms with van der Waals surface area (Å²) in [4.78, 5) is 0. The molecule has 0 spiro atoms. The summed E-state index contributed by atoms with van der Waals surface area (Å²) in [5.74, 6) is 0. The zero-order chi connectivity index (χ0) is 22.0. The molecule has 156 valence electrons. The first-order valence-electron chi connectivity index (χ1n) is 8.87. The first-order valence-corrected chi connectivity index (χ1v) is 10.4. The Balaban J connectivity index is 0.000000171. The molecule has 0 radical (unpaired) electrons. The maximum atomic E-state index is 5.98. The average molecular weight is 484 g/mol. The number of nitrogens with zero attached hydrogens (tertiary/aromatic N) is 6. The molecule has 0 unspecified atom stereocenters. The lowest BCUT2D eigenvalue weighted by atomic mass is 10.4. The van der Waals surface area contributed by atoms with Gasteiger partial charge in [-0.1, -0.05) is 46.4 Å². The van der Waals surface area contributed by atoms with Crippen molar-refractivity contribution in [1.29, 1.82) is 0 Å². The SMILES string of the molecule is Cc1ccc(C)n1-c1cc(Cl)nnc1Cl.Cc1ccc(C)n1-c1cc(Cl)nnc1Cl. The third-order valence-corrected chi connectivity index (χ3v) is 5.33. The molecular formula is C20H18Cl4N6. The van der Waals surface area contributed by atoms with Crippen molar-refractivity contribution >= 4 is 46.4 Å². The highest BCUT2D eigenvalue weighted by Gasteiger charge is 2.11. The third-order valence-electron chi connectivity index (χ3n) is 4.43. The monoisotopic (exact) mass is 482 g/mol. The van der Waals surface area contributed by atoms with E-state index in [0.717, 1.165) is 34.2 Å². The molecular weight excluding hydrogens is 466 g/mol. The highest BCUT2D eigenvalue weighted by atomic mass is 35.5. The summed E-state index contributed by atoms with van der Waals surface area (Å²) in [7, 11) is 0. The fourth-order valence-electron chi connectivity index (χ4n) is 3.10. The summed E-state index contributed by atoms with van der Waals surface area (Å²) < 4.78 is 3.98. The first kappa shape index (κ1) is 22.6. The van der Waals surface area contributed by atoms with Gasteiger partial charge in [-0.15, -0.1) is 20.4 Å². The fourth-order valence-corrected chi connectivity index (χ4v) is 3.73. The van der Waals surface area contributed by atoms with Crippen molar-refractivity contribution in [3.05, 3.63) is 79.8 Å². The lowest BCUT2D eigenvalue weighted by Crippen LogP contribution is -2.01. The van der Waals surface area contributed by atoms with Crippen LogP contribution in [-0.2, 0) is 0 Å². The van der Waals surface area contributed by atoms with Crippen molar-refractivity contribution in [2.24, 2.45) is 0 Å². The summed E-state index contributed by atoms with van der Waals surface area (Å²) in [5.41, 5.74) is 5.85. The van der Waals surface area contributed by atoms with Gasteiger partial charge in [0, 0.05) is 34.9 Å². The second-order valence-electron chi connectivity index (χ2n) is 6.59. The van der Waals surface area contributed by atoms with Crippen molar-refractivity contribution in [2.45, 2.75) is 27.7 Å². The molecule has 4 aromatic rings. The van der Waals surface area contributed by atoms with Crippen LogP contribution in [-0.4, -0.2) is 29.5 Å². The first-order chi connectivity index (χ1) is 14.2. The predicted molar refractivity (Wildman–Crippen MR) is 122 cm³/mol. The van der Waals surface area contributed by atoms with Crippen molar-refractivity contribution in [3.63, 3.8) is 0 Å². The van der Waals surface area contributed by atoms with Gasteiger partial charge in [-0.05, 0) is 52.0 Å². The smallest absolute Gasteiger partial charge is 0.175 e. The molecule has 10 heteroatoms. The largest absolute Gasteiger partial charge is 0.316 e. The lowest BCUT2D eigenvalue weighted by molar-refractivity contribution is 0.925. The Morgan fingerprint density at radius 3 is 1.13 bits per heavy atom. The average Bonchev–Trinajstić information content (AvgIpc) is 3.21. The second-order valence-corrected chi connectivity index (χ2v) is 8.08. The molecule has 0 saturated carbocycles. The number of halogens is 4. The molecule has 0 amide bonds. The predicted octanol–water partition coefficient (Wildman–Crippen LogP) is 6.38. The minimum atomic E-state index is 0.335. The zero-order valence-electron chi connectivity index (χ0n) is 16.7. The van der Waals surface area contributed by atoms with Crippen molar-refractivity contribution in [1.82, 2.24) is 29.5 Å². The minimum absolute atomic E-state index is 0.335. The summed E-state index contributed by atoms with van der Waals surface area (Å²) in [5, 5.41) is 16.3. The van der Waals surface area contributed by atoms with Crippen LogP contribution in [0.25, 0.3) is 11.4 Å². The highest BCUT2D eigenvalue weighted by Crippen LogP contribution is 2.25. The van der Waals surface area contributed by atoms with E-state index in [9.17, 15) is 0 Å². The quantitative estimate of drug-likeness (QED) is 0.331. The Bertz CT molecular complexity index is 1070. The Morgan fingerprint density at radius 1 is 0.533 bits per heavy atom. The van der Waals surface area contributed by atoms with Crippen LogP contribution in [0.4, 0.5) is 0 Å². The molecule has 4 heterocycles. The van der Waals surface area contributed by atoms with Crippen molar-refractivity contribution < 1.29 is 0 Å². The second kappa shape index (κ2) is 9.35. The maximum absolute atomic E-state index is 5.98. The van der Waals surface area contributed by atoms with E-state index in [1.807, 2.05) is 61.1 Å². The van der Waals surface area contributed by atoms with E-state index in [1.165, 1.54) is 0 Å². The molecule has 6 nitrogen and oxygen atoms in total. The number of hydrogen-bond donors (Lipinski definition) is 0. The lowest BCUT2D eigenvalue weighted by Gasteiger charge is -2.09. The van der Waals surface area contributed by atoms with Gasteiger partial charge in [0.05, 0.1) is 11.4 Å². The molecule has 0 atom stereocenters. The van der Waals surface area contributed by atoms with Gasteiger partial charge in [0.25, 0.3) is 0 Å². The minimum Gasteiger partial charge on any atom is -0.316 e. The van der Waals surface area contributed by atoms with Gasteiger partial charge in [-0.3, -0.25) is 0 Å². The van der Waals surface area contributed by atoms with E-state index in [4.69, 9.17) is 46.4 Å². The Labute approximate surface area is 194 Å². The summed E-state index contributed by atoms with van der Waals surface area (Å²) in [6.07, 6.45) is 0. The van der Waals surface area contributed by atoms with E-state index < -0.39 is 0 Å². The van der Waals surface area contributed by atoms with Gasteiger partial charge in [0.1, 0.15) is 0 Å². The molecule has 0 aliphatic rings. The molecule has 0 bridgehead atoms. The van der Waals surface area contributed by atoms with E-state index in [-0.39, 0.29) is 0 Å².